The van der Waals surface area contributed by atoms with E-state index in [0.29, 0.717) is 37.2 Å². The number of aromatic hydroxyl groups is 1. The van der Waals surface area contributed by atoms with Crippen molar-refractivity contribution < 1.29 is 24.9 Å². The van der Waals surface area contributed by atoms with E-state index in [9.17, 15) is 15.0 Å². The Morgan fingerprint density at radius 3 is 2.38 bits per heavy atom. The minimum absolute atomic E-state index is 0.0233. The average Bonchev–Trinajstić information content (AvgIpc) is 2.65. The smallest absolute Gasteiger partial charge is 0.303 e. The second-order valence-corrected chi connectivity index (χ2v) is 6.26. The van der Waals surface area contributed by atoms with Gasteiger partial charge in [0, 0.05) is 18.6 Å². The molecule has 0 heterocycles. The van der Waals surface area contributed by atoms with Crippen LogP contribution in [0.5, 0.6) is 5.75 Å². The molecule has 140 valence electrons. The van der Waals surface area contributed by atoms with Gasteiger partial charge in [0.2, 0.25) is 0 Å². The Kier molecular flexibility index (Phi) is 8.12. The first-order valence-electron chi connectivity index (χ1n) is 8.88. The SMILES string of the molecule is O=C(O)CCc1ccc(CCCCOCc2ccccc2)c(O)c1CO. The van der Waals surface area contributed by atoms with Gasteiger partial charge in [0.25, 0.3) is 0 Å². The van der Waals surface area contributed by atoms with Crippen LogP contribution < -0.4 is 0 Å². The first-order chi connectivity index (χ1) is 12.6. The van der Waals surface area contributed by atoms with Crippen LogP contribution >= 0.6 is 0 Å². The molecule has 0 atom stereocenters. The number of aryl methyl sites for hydroxylation is 2. The number of aliphatic hydroxyl groups is 1. The largest absolute Gasteiger partial charge is 0.507 e. The lowest BCUT2D eigenvalue weighted by molar-refractivity contribution is -0.136. The van der Waals surface area contributed by atoms with E-state index in [-0.39, 0.29) is 18.8 Å². The number of aliphatic carboxylic acids is 1. The molecule has 5 heteroatoms. The van der Waals surface area contributed by atoms with Crippen LogP contribution in [-0.4, -0.2) is 27.9 Å². The summed E-state index contributed by atoms with van der Waals surface area (Å²) >= 11 is 0. The molecule has 0 saturated carbocycles. The zero-order valence-electron chi connectivity index (χ0n) is 14.9. The Labute approximate surface area is 153 Å². The Bertz CT molecular complexity index is 697. The van der Waals surface area contributed by atoms with Gasteiger partial charge in [-0.3, -0.25) is 4.79 Å². The number of aliphatic hydroxyl groups excluding tert-OH is 1. The highest BCUT2D eigenvalue weighted by Crippen LogP contribution is 2.28. The van der Waals surface area contributed by atoms with Gasteiger partial charge in [0.1, 0.15) is 5.75 Å². The van der Waals surface area contributed by atoms with Gasteiger partial charge in [0.15, 0.2) is 0 Å². The lowest BCUT2D eigenvalue weighted by Gasteiger charge is -2.13. The molecule has 0 saturated heterocycles. The lowest BCUT2D eigenvalue weighted by Crippen LogP contribution is -2.03. The minimum Gasteiger partial charge on any atom is -0.507 e. The predicted molar refractivity (Wildman–Crippen MR) is 99.0 cm³/mol. The van der Waals surface area contributed by atoms with Crippen LogP contribution in [0.15, 0.2) is 42.5 Å². The van der Waals surface area contributed by atoms with Crippen LogP contribution in [0.3, 0.4) is 0 Å². The number of unbranched alkanes of at least 4 members (excludes halogenated alkanes) is 1. The molecule has 0 fully saturated rings. The fraction of sp³-hybridized carbons (Fsp3) is 0.381. The number of hydrogen-bond acceptors (Lipinski definition) is 4. The summed E-state index contributed by atoms with van der Waals surface area (Å²) in [7, 11) is 0. The fourth-order valence-electron chi connectivity index (χ4n) is 2.86. The monoisotopic (exact) mass is 358 g/mol. The molecule has 2 aromatic rings. The maximum absolute atomic E-state index is 10.7. The molecule has 0 radical (unpaired) electrons. The van der Waals surface area contributed by atoms with Crippen molar-refractivity contribution in [2.24, 2.45) is 0 Å². The Hall–Kier alpha value is -2.37. The molecule has 26 heavy (non-hydrogen) atoms. The lowest BCUT2D eigenvalue weighted by atomic mass is 9.96. The fourth-order valence-corrected chi connectivity index (χ4v) is 2.86. The van der Waals surface area contributed by atoms with Crippen LogP contribution in [0.4, 0.5) is 0 Å². The summed E-state index contributed by atoms with van der Waals surface area (Å²) in [4.78, 5) is 10.7. The van der Waals surface area contributed by atoms with Crippen molar-refractivity contribution >= 4 is 5.97 Å². The van der Waals surface area contributed by atoms with Crippen molar-refractivity contribution in [1.82, 2.24) is 0 Å². The van der Waals surface area contributed by atoms with E-state index >= 15 is 0 Å². The van der Waals surface area contributed by atoms with Gasteiger partial charge in [-0.15, -0.1) is 0 Å². The van der Waals surface area contributed by atoms with Gasteiger partial charge in [-0.2, -0.15) is 0 Å². The molecule has 5 nitrogen and oxygen atoms in total. The van der Waals surface area contributed by atoms with Gasteiger partial charge in [-0.05, 0) is 42.4 Å². The van der Waals surface area contributed by atoms with Gasteiger partial charge in [0.05, 0.1) is 13.2 Å². The van der Waals surface area contributed by atoms with E-state index in [1.165, 1.54) is 0 Å². The number of carboxylic acid groups (broad SMARTS) is 1. The highest BCUT2D eigenvalue weighted by Gasteiger charge is 2.12. The molecule has 3 N–H and O–H groups in total. The van der Waals surface area contributed by atoms with E-state index in [0.717, 1.165) is 24.0 Å². The predicted octanol–water partition coefficient (Wildman–Crippen LogP) is 3.44. The van der Waals surface area contributed by atoms with Crippen molar-refractivity contribution in [3.05, 3.63) is 64.7 Å². The highest BCUT2D eigenvalue weighted by molar-refractivity contribution is 5.67. The molecule has 2 rings (SSSR count). The van der Waals surface area contributed by atoms with Gasteiger partial charge < -0.3 is 20.1 Å². The van der Waals surface area contributed by atoms with E-state index < -0.39 is 5.97 Å². The molecule has 2 aromatic carbocycles. The van der Waals surface area contributed by atoms with Crippen LogP contribution in [0.25, 0.3) is 0 Å². The quantitative estimate of drug-likeness (QED) is 0.536. The van der Waals surface area contributed by atoms with Crippen LogP contribution in [0.2, 0.25) is 0 Å². The Morgan fingerprint density at radius 1 is 0.962 bits per heavy atom. The standard InChI is InChI=1S/C21H26O5/c22-14-19-17(11-12-20(23)24)9-10-18(21(19)25)8-4-5-13-26-15-16-6-2-1-3-7-16/h1-3,6-7,9-10,22,25H,4-5,8,11-15H2,(H,23,24). The first-order valence-corrected chi connectivity index (χ1v) is 8.88. The van der Waals surface area contributed by atoms with Crippen molar-refractivity contribution in [3.63, 3.8) is 0 Å². The zero-order valence-corrected chi connectivity index (χ0v) is 14.9. The maximum Gasteiger partial charge on any atom is 0.303 e. The normalized spacial score (nSPS) is 10.8. The number of phenols is 1. The van der Waals surface area contributed by atoms with Crippen LogP contribution in [-0.2, 0) is 35.6 Å². The first kappa shape index (κ1) is 19.9. The number of ether oxygens (including phenoxy) is 1. The molecule has 0 amide bonds. The van der Waals surface area contributed by atoms with Gasteiger partial charge in [-0.1, -0.05) is 42.5 Å². The van der Waals surface area contributed by atoms with E-state index in [1.807, 2.05) is 36.4 Å². The summed E-state index contributed by atoms with van der Waals surface area (Å²) in [6, 6.07) is 13.6. The third kappa shape index (κ3) is 6.17. The second kappa shape index (κ2) is 10.6. The van der Waals surface area contributed by atoms with Crippen molar-refractivity contribution in [3.8, 4) is 5.75 Å². The van der Waals surface area contributed by atoms with Gasteiger partial charge >= 0.3 is 5.97 Å². The van der Waals surface area contributed by atoms with Crippen LogP contribution in [0, 0.1) is 0 Å². The van der Waals surface area contributed by atoms with E-state index in [1.54, 1.807) is 6.07 Å². The number of hydrogen-bond donors (Lipinski definition) is 3. The number of benzene rings is 2. The minimum atomic E-state index is -0.895. The third-order valence-electron chi connectivity index (χ3n) is 4.33. The number of rotatable bonds is 11. The molecular formula is C21H26O5. The highest BCUT2D eigenvalue weighted by atomic mass is 16.5. The summed E-state index contributed by atoms with van der Waals surface area (Å²) in [5.74, 6) is -0.812. The second-order valence-electron chi connectivity index (χ2n) is 6.26. The summed E-state index contributed by atoms with van der Waals surface area (Å²) in [5.41, 5.74) is 3.04. The summed E-state index contributed by atoms with van der Waals surface area (Å²) < 4.78 is 5.65. The topological polar surface area (TPSA) is 87.0 Å². The number of carboxylic acids is 1. The third-order valence-corrected chi connectivity index (χ3v) is 4.33. The summed E-state index contributed by atoms with van der Waals surface area (Å²) in [5, 5.41) is 28.6. The summed E-state index contributed by atoms with van der Waals surface area (Å²) in [6.07, 6.45) is 2.70. The molecular weight excluding hydrogens is 332 g/mol. The van der Waals surface area contributed by atoms with E-state index in [2.05, 4.69) is 0 Å². The Balaban J connectivity index is 1.79. The van der Waals surface area contributed by atoms with Crippen molar-refractivity contribution in [2.75, 3.05) is 6.61 Å². The summed E-state index contributed by atoms with van der Waals surface area (Å²) in [6.45, 7) is 0.951. The molecule has 0 spiro atoms. The Morgan fingerprint density at radius 2 is 1.69 bits per heavy atom. The molecule has 0 unspecified atom stereocenters. The number of carbonyl (C=O) groups is 1. The zero-order chi connectivity index (χ0) is 18.8. The van der Waals surface area contributed by atoms with Gasteiger partial charge in [-0.25, -0.2) is 0 Å². The van der Waals surface area contributed by atoms with Crippen molar-refractivity contribution in [1.29, 1.82) is 0 Å². The maximum atomic E-state index is 10.7. The molecule has 0 bridgehead atoms. The van der Waals surface area contributed by atoms with E-state index in [4.69, 9.17) is 9.84 Å². The average molecular weight is 358 g/mol. The molecule has 0 aromatic heterocycles. The molecule has 0 aliphatic rings. The molecule has 0 aliphatic heterocycles. The van der Waals surface area contributed by atoms with Crippen LogP contribution in [0.1, 0.15) is 41.5 Å². The molecule has 0 aliphatic carbocycles. The van der Waals surface area contributed by atoms with Crippen molar-refractivity contribution in [2.45, 2.75) is 45.3 Å².